The smallest absolute Gasteiger partial charge is 0.315 e. The van der Waals surface area contributed by atoms with Crippen LogP contribution in [0.25, 0.3) is 11.0 Å². The molecule has 1 aromatic heterocycles. The van der Waals surface area contributed by atoms with E-state index in [0.29, 0.717) is 12.6 Å². The monoisotopic (exact) mass is 272 g/mol. The number of nitrogens with zero attached hydrogens (tertiary/aromatic N) is 1. The molecule has 0 aliphatic heterocycles. The number of fused-ring (bicyclic) bond motifs is 1. The van der Waals surface area contributed by atoms with Crippen molar-refractivity contribution >= 4 is 17.1 Å². The molecule has 20 heavy (non-hydrogen) atoms. The first-order valence-electron chi connectivity index (χ1n) is 7.29. The lowest BCUT2D eigenvalue weighted by Crippen LogP contribution is -2.42. The molecule has 5 nitrogen and oxygen atoms in total. The molecule has 1 aromatic carbocycles. The van der Waals surface area contributed by atoms with Crippen LogP contribution in [0.5, 0.6) is 0 Å². The van der Waals surface area contributed by atoms with E-state index in [0.717, 1.165) is 29.7 Å². The van der Waals surface area contributed by atoms with E-state index in [1.807, 2.05) is 24.3 Å². The van der Waals surface area contributed by atoms with Crippen molar-refractivity contribution < 1.29 is 4.79 Å². The fourth-order valence-corrected chi connectivity index (χ4v) is 2.74. The molecule has 3 N–H and O–H groups in total. The van der Waals surface area contributed by atoms with Crippen molar-refractivity contribution in [2.24, 2.45) is 0 Å². The molecule has 106 valence electrons. The zero-order valence-electron chi connectivity index (χ0n) is 11.5. The van der Waals surface area contributed by atoms with Crippen molar-refractivity contribution in [2.75, 3.05) is 0 Å². The highest BCUT2D eigenvalue weighted by atomic mass is 16.2. The highest BCUT2D eigenvalue weighted by Gasteiger charge is 2.15. The Kier molecular flexibility index (Phi) is 3.85. The second kappa shape index (κ2) is 5.94. The number of benzene rings is 1. The van der Waals surface area contributed by atoms with E-state index in [4.69, 9.17) is 0 Å². The first-order valence-corrected chi connectivity index (χ1v) is 7.29. The summed E-state index contributed by atoms with van der Waals surface area (Å²) < 4.78 is 0. The average Bonchev–Trinajstić information content (AvgIpc) is 2.89. The maximum atomic E-state index is 11.8. The standard InChI is InChI=1S/C15H20N4O/c20-15(17-11-6-2-1-3-7-11)16-10-14-18-12-8-4-5-9-13(12)19-14/h4-5,8-9,11H,1-3,6-7,10H2,(H,18,19)(H2,16,17,20). The third kappa shape index (κ3) is 3.10. The normalized spacial score (nSPS) is 16.2. The predicted octanol–water partition coefficient (Wildman–Crippen LogP) is 2.69. The third-order valence-electron chi connectivity index (χ3n) is 3.80. The van der Waals surface area contributed by atoms with Crippen LogP contribution in [-0.4, -0.2) is 22.0 Å². The van der Waals surface area contributed by atoms with E-state index in [-0.39, 0.29) is 6.03 Å². The van der Waals surface area contributed by atoms with Gasteiger partial charge >= 0.3 is 6.03 Å². The molecule has 2 amide bonds. The Labute approximate surface area is 118 Å². The number of H-pyrrole nitrogens is 1. The first kappa shape index (κ1) is 13.0. The van der Waals surface area contributed by atoms with Crippen molar-refractivity contribution in [2.45, 2.75) is 44.7 Å². The van der Waals surface area contributed by atoms with E-state index in [9.17, 15) is 4.79 Å². The van der Waals surface area contributed by atoms with Gasteiger partial charge in [0.25, 0.3) is 0 Å². The predicted molar refractivity (Wildman–Crippen MR) is 78.3 cm³/mol. The Morgan fingerprint density at radius 1 is 1.25 bits per heavy atom. The number of nitrogens with one attached hydrogen (secondary N) is 3. The first-order chi connectivity index (χ1) is 9.81. The molecule has 1 fully saturated rings. The molecule has 1 heterocycles. The number of imidazole rings is 1. The number of carbonyl (C=O) groups excluding carboxylic acids is 1. The summed E-state index contributed by atoms with van der Waals surface area (Å²) in [6.07, 6.45) is 5.91. The van der Waals surface area contributed by atoms with E-state index >= 15 is 0 Å². The molecule has 3 rings (SSSR count). The fraction of sp³-hybridized carbons (Fsp3) is 0.467. The Morgan fingerprint density at radius 3 is 2.85 bits per heavy atom. The minimum Gasteiger partial charge on any atom is -0.340 e. The number of hydrogen-bond acceptors (Lipinski definition) is 2. The van der Waals surface area contributed by atoms with Gasteiger partial charge in [0.05, 0.1) is 17.6 Å². The van der Waals surface area contributed by atoms with Gasteiger partial charge < -0.3 is 15.6 Å². The summed E-state index contributed by atoms with van der Waals surface area (Å²) >= 11 is 0. The van der Waals surface area contributed by atoms with Gasteiger partial charge in [-0.2, -0.15) is 0 Å². The van der Waals surface area contributed by atoms with Crippen molar-refractivity contribution in [1.29, 1.82) is 0 Å². The molecule has 1 saturated carbocycles. The van der Waals surface area contributed by atoms with Gasteiger partial charge in [-0.1, -0.05) is 31.4 Å². The van der Waals surface area contributed by atoms with E-state index < -0.39 is 0 Å². The molecule has 0 spiro atoms. The molecular formula is C15H20N4O. The third-order valence-corrected chi connectivity index (χ3v) is 3.80. The number of amides is 2. The molecular weight excluding hydrogens is 252 g/mol. The van der Waals surface area contributed by atoms with Crippen molar-refractivity contribution in [1.82, 2.24) is 20.6 Å². The lowest BCUT2D eigenvalue weighted by molar-refractivity contribution is 0.232. The lowest BCUT2D eigenvalue weighted by atomic mass is 9.96. The summed E-state index contributed by atoms with van der Waals surface area (Å²) in [5.41, 5.74) is 1.92. The largest absolute Gasteiger partial charge is 0.340 e. The summed E-state index contributed by atoms with van der Waals surface area (Å²) in [4.78, 5) is 19.5. The summed E-state index contributed by atoms with van der Waals surface area (Å²) in [7, 11) is 0. The van der Waals surface area contributed by atoms with Gasteiger partial charge in [-0.25, -0.2) is 9.78 Å². The van der Waals surface area contributed by atoms with Crippen LogP contribution in [0.2, 0.25) is 0 Å². The molecule has 1 aliphatic carbocycles. The van der Waals surface area contributed by atoms with E-state index in [1.165, 1.54) is 19.3 Å². The molecule has 1 aliphatic rings. The van der Waals surface area contributed by atoms with Gasteiger partial charge in [0.1, 0.15) is 5.82 Å². The Balaban J connectivity index is 1.51. The van der Waals surface area contributed by atoms with Crippen LogP contribution in [0.4, 0.5) is 4.79 Å². The lowest BCUT2D eigenvalue weighted by Gasteiger charge is -2.22. The van der Waals surface area contributed by atoms with Gasteiger partial charge in [0.15, 0.2) is 0 Å². The number of urea groups is 1. The van der Waals surface area contributed by atoms with Crippen LogP contribution < -0.4 is 10.6 Å². The maximum Gasteiger partial charge on any atom is 0.315 e. The Morgan fingerprint density at radius 2 is 2.05 bits per heavy atom. The second-order valence-electron chi connectivity index (χ2n) is 5.36. The summed E-state index contributed by atoms with van der Waals surface area (Å²) in [5.74, 6) is 0.782. The minimum absolute atomic E-state index is 0.0997. The zero-order chi connectivity index (χ0) is 13.8. The zero-order valence-corrected chi connectivity index (χ0v) is 11.5. The van der Waals surface area contributed by atoms with Gasteiger partial charge in [0.2, 0.25) is 0 Å². The Bertz CT molecular complexity index is 553. The van der Waals surface area contributed by atoms with Crippen LogP contribution in [-0.2, 0) is 6.54 Å². The number of rotatable bonds is 3. The maximum absolute atomic E-state index is 11.8. The van der Waals surface area contributed by atoms with Gasteiger partial charge in [-0.05, 0) is 25.0 Å². The summed E-state index contributed by atoms with van der Waals surface area (Å²) in [5, 5.41) is 5.89. The van der Waals surface area contributed by atoms with Gasteiger partial charge in [-0.3, -0.25) is 0 Å². The average molecular weight is 272 g/mol. The van der Waals surface area contributed by atoms with Crippen LogP contribution in [0.15, 0.2) is 24.3 Å². The summed E-state index contributed by atoms with van der Waals surface area (Å²) in [6, 6.07) is 8.09. The number of para-hydroxylation sites is 2. The van der Waals surface area contributed by atoms with Crippen molar-refractivity contribution in [3.8, 4) is 0 Å². The SMILES string of the molecule is O=C(NCc1nc2ccccc2[nH]1)NC1CCCCC1. The van der Waals surface area contributed by atoms with Crippen LogP contribution in [0.1, 0.15) is 37.9 Å². The minimum atomic E-state index is -0.0997. The molecule has 2 aromatic rings. The van der Waals surface area contributed by atoms with E-state index in [2.05, 4.69) is 20.6 Å². The molecule has 0 atom stereocenters. The van der Waals surface area contributed by atoms with Crippen LogP contribution >= 0.6 is 0 Å². The highest BCUT2D eigenvalue weighted by Crippen LogP contribution is 2.17. The van der Waals surface area contributed by atoms with Gasteiger partial charge in [-0.15, -0.1) is 0 Å². The van der Waals surface area contributed by atoms with Crippen LogP contribution in [0, 0.1) is 0 Å². The van der Waals surface area contributed by atoms with Gasteiger partial charge in [0, 0.05) is 6.04 Å². The molecule has 0 unspecified atom stereocenters. The number of aromatic nitrogens is 2. The van der Waals surface area contributed by atoms with Crippen molar-refractivity contribution in [3.05, 3.63) is 30.1 Å². The molecule has 0 bridgehead atoms. The quantitative estimate of drug-likeness (QED) is 0.804. The molecule has 0 saturated heterocycles. The molecule has 5 heteroatoms. The van der Waals surface area contributed by atoms with Crippen molar-refractivity contribution in [3.63, 3.8) is 0 Å². The molecule has 0 radical (unpaired) electrons. The highest BCUT2D eigenvalue weighted by molar-refractivity contribution is 5.76. The Hall–Kier alpha value is -2.04. The topological polar surface area (TPSA) is 69.8 Å². The number of carbonyl (C=O) groups is 1. The summed E-state index contributed by atoms with van der Waals surface area (Å²) in [6.45, 7) is 0.424. The number of aromatic amines is 1. The number of hydrogen-bond donors (Lipinski definition) is 3. The van der Waals surface area contributed by atoms with Crippen LogP contribution in [0.3, 0.4) is 0 Å². The van der Waals surface area contributed by atoms with E-state index in [1.54, 1.807) is 0 Å². The second-order valence-corrected chi connectivity index (χ2v) is 5.36. The fourth-order valence-electron chi connectivity index (χ4n) is 2.74.